The molecule has 1 aliphatic rings. The average molecular weight is 305 g/mol. The number of carboxylic acids is 1. The van der Waals surface area contributed by atoms with Gasteiger partial charge in [-0.2, -0.15) is 0 Å². The maximum atomic E-state index is 12.1. The van der Waals surface area contributed by atoms with E-state index in [9.17, 15) is 9.59 Å². The highest BCUT2D eigenvalue weighted by Gasteiger charge is 2.33. The number of carboxylic acid groups (broad SMARTS) is 1. The van der Waals surface area contributed by atoms with E-state index in [1.165, 1.54) is 0 Å². The fraction of sp³-hybridized carbons (Fsp3) is 0.529. The summed E-state index contributed by atoms with van der Waals surface area (Å²) in [5.74, 6) is -0.532. The summed E-state index contributed by atoms with van der Waals surface area (Å²) in [6.07, 6.45) is 2.41. The van der Waals surface area contributed by atoms with Crippen LogP contribution in [0.25, 0.3) is 0 Å². The normalized spacial score (nSPS) is 20.6. The molecule has 0 aromatic heterocycles. The van der Waals surface area contributed by atoms with E-state index in [1.807, 2.05) is 19.1 Å². The topological polar surface area (TPSA) is 75.6 Å². The van der Waals surface area contributed by atoms with Crippen LogP contribution in [0.3, 0.4) is 0 Å². The maximum absolute atomic E-state index is 12.1. The third kappa shape index (κ3) is 4.00. The molecule has 1 amide bonds. The first-order chi connectivity index (χ1) is 10.5. The van der Waals surface area contributed by atoms with E-state index in [-0.39, 0.29) is 17.7 Å². The summed E-state index contributed by atoms with van der Waals surface area (Å²) < 4.78 is 5.32. The number of amides is 1. The number of hydrogen-bond donors (Lipinski definition) is 2. The van der Waals surface area contributed by atoms with Gasteiger partial charge in [-0.05, 0) is 44.2 Å². The van der Waals surface area contributed by atoms with Crippen LogP contribution >= 0.6 is 0 Å². The van der Waals surface area contributed by atoms with Crippen molar-refractivity contribution in [3.63, 3.8) is 0 Å². The van der Waals surface area contributed by atoms with Crippen molar-refractivity contribution in [2.45, 2.75) is 32.6 Å². The molecule has 2 atom stereocenters. The number of aryl methyl sites for hydroxylation is 1. The van der Waals surface area contributed by atoms with E-state index in [0.717, 1.165) is 16.9 Å². The number of hydrogen-bond acceptors (Lipinski definition) is 3. The molecule has 0 heterocycles. The summed E-state index contributed by atoms with van der Waals surface area (Å²) in [6, 6.07) is 5.98. The van der Waals surface area contributed by atoms with E-state index in [4.69, 9.17) is 9.84 Å². The van der Waals surface area contributed by atoms with Crippen molar-refractivity contribution in [2.75, 3.05) is 13.7 Å². The van der Waals surface area contributed by atoms with E-state index in [0.29, 0.717) is 32.2 Å². The summed E-state index contributed by atoms with van der Waals surface area (Å²) in [6.45, 7) is 2.55. The first-order valence-corrected chi connectivity index (χ1v) is 7.65. The number of nitrogens with one attached hydrogen (secondary N) is 1. The Bertz CT molecular complexity index is 556. The molecule has 1 aromatic rings. The first-order valence-electron chi connectivity index (χ1n) is 7.65. The van der Waals surface area contributed by atoms with Crippen LogP contribution in [0.1, 0.15) is 30.4 Å². The third-order valence-corrected chi connectivity index (χ3v) is 4.28. The molecule has 0 aliphatic heterocycles. The van der Waals surface area contributed by atoms with Gasteiger partial charge < -0.3 is 15.2 Å². The lowest BCUT2D eigenvalue weighted by Crippen LogP contribution is -2.31. The fourth-order valence-electron chi connectivity index (χ4n) is 3.01. The number of methoxy groups -OCH3 is 1. The maximum Gasteiger partial charge on any atom is 0.306 e. The Morgan fingerprint density at radius 2 is 2.05 bits per heavy atom. The van der Waals surface area contributed by atoms with Crippen LogP contribution < -0.4 is 10.1 Å². The molecule has 0 saturated heterocycles. The number of benzene rings is 1. The summed E-state index contributed by atoms with van der Waals surface area (Å²) in [5, 5.41) is 11.9. The highest BCUT2D eigenvalue weighted by molar-refractivity contribution is 5.80. The lowest BCUT2D eigenvalue weighted by molar-refractivity contribution is -0.141. The van der Waals surface area contributed by atoms with Crippen LogP contribution in [-0.4, -0.2) is 30.6 Å². The van der Waals surface area contributed by atoms with Crippen LogP contribution in [0, 0.1) is 18.8 Å². The molecule has 22 heavy (non-hydrogen) atoms. The van der Waals surface area contributed by atoms with Crippen molar-refractivity contribution < 1.29 is 19.4 Å². The zero-order chi connectivity index (χ0) is 16.1. The van der Waals surface area contributed by atoms with Gasteiger partial charge in [0, 0.05) is 12.5 Å². The number of aliphatic carboxylic acids is 1. The van der Waals surface area contributed by atoms with E-state index >= 15 is 0 Å². The molecular weight excluding hydrogens is 282 g/mol. The lowest BCUT2D eigenvalue weighted by Gasteiger charge is -2.13. The van der Waals surface area contributed by atoms with Gasteiger partial charge in [-0.1, -0.05) is 17.7 Å². The molecule has 120 valence electrons. The van der Waals surface area contributed by atoms with Crippen LogP contribution in [0.15, 0.2) is 18.2 Å². The Kier molecular flexibility index (Phi) is 5.41. The molecule has 0 unspecified atom stereocenters. The number of carbonyl (C=O) groups excluding carboxylic acids is 1. The minimum Gasteiger partial charge on any atom is -0.496 e. The molecule has 5 nitrogen and oxygen atoms in total. The van der Waals surface area contributed by atoms with Gasteiger partial charge in [0.1, 0.15) is 5.75 Å². The molecule has 1 fully saturated rings. The molecule has 0 spiro atoms. The molecule has 5 heteroatoms. The van der Waals surface area contributed by atoms with Gasteiger partial charge >= 0.3 is 5.97 Å². The zero-order valence-corrected chi connectivity index (χ0v) is 13.1. The van der Waals surface area contributed by atoms with Crippen LogP contribution in [0.5, 0.6) is 5.75 Å². The van der Waals surface area contributed by atoms with E-state index in [2.05, 4.69) is 11.4 Å². The Labute approximate surface area is 130 Å². The van der Waals surface area contributed by atoms with Gasteiger partial charge in [0.05, 0.1) is 13.0 Å². The third-order valence-electron chi connectivity index (χ3n) is 4.28. The van der Waals surface area contributed by atoms with E-state index in [1.54, 1.807) is 7.11 Å². The van der Waals surface area contributed by atoms with Crippen molar-refractivity contribution in [3.05, 3.63) is 29.3 Å². The summed E-state index contributed by atoms with van der Waals surface area (Å²) in [7, 11) is 1.64. The second-order valence-electron chi connectivity index (χ2n) is 5.90. The van der Waals surface area contributed by atoms with Gasteiger partial charge in [-0.3, -0.25) is 9.59 Å². The molecule has 1 saturated carbocycles. The summed E-state index contributed by atoms with van der Waals surface area (Å²) in [4.78, 5) is 23.0. The van der Waals surface area contributed by atoms with Crippen LogP contribution in [0.2, 0.25) is 0 Å². The Hall–Kier alpha value is -2.04. The lowest BCUT2D eigenvalue weighted by atomic mass is 10.0. The quantitative estimate of drug-likeness (QED) is 0.844. The van der Waals surface area contributed by atoms with Crippen molar-refractivity contribution in [3.8, 4) is 5.75 Å². The molecule has 0 radical (unpaired) electrons. The second kappa shape index (κ2) is 7.29. The smallest absolute Gasteiger partial charge is 0.306 e. The number of ether oxygens (including phenoxy) is 1. The largest absolute Gasteiger partial charge is 0.496 e. The Morgan fingerprint density at radius 3 is 2.68 bits per heavy atom. The standard InChI is InChI=1S/C17H23NO4/c1-11-3-6-15(22-2)12(9-11)7-8-18-16(19)13-4-5-14(10-13)17(20)21/h3,6,9,13-14H,4-5,7-8,10H2,1-2H3,(H,18,19)(H,20,21)/t13-,14+/m1/s1. The molecule has 1 aliphatic carbocycles. The number of carbonyl (C=O) groups is 2. The Balaban J connectivity index is 1.83. The highest BCUT2D eigenvalue weighted by atomic mass is 16.5. The molecular formula is C17H23NO4. The monoisotopic (exact) mass is 305 g/mol. The highest BCUT2D eigenvalue weighted by Crippen LogP contribution is 2.31. The minimum absolute atomic E-state index is 0.0321. The van der Waals surface area contributed by atoms with Crippen LogP contribution in [-0.2, 0) is 16.0 Å². The van der Waals surface area contributed by atoms with Crippen molar-refractivity contribution >= 4 is 11.9 Å². The van der Waals surface area contributed by atoms with Gasteiger partial charge in [0.15, 0.2) is 0 Å². The van der Waals surface area contributed by atoms with Crippen LogP contribution in [0.4, 0.5) is 0 Å². The van der Waals surface area contributed by atoms with Gasteiger partial charge in [0.25, 0.3) is 0 Å². The van der Waals surface area contributed by atoms with Crippen molar-refractivity contribution in [1.29, 1.82) is 0 Å². The number of rotatable bonds is 6. The van der Waals surface area contributed by atoms with E-state index < -0.39 is 5.97 Å². The minimum atomic E-state index is -0.792. The van der Waals surface area contributed by atoms with Crippen molar-refractivity contribution in [2.24, 2.45) is 11.8 Å². The SMILES string of the molecule is COc1ccc(C)cc1CCNC(=O)[C@@H]1CC[C@H](C(=O)O)C1. The molecule has 1 aromatic carbocycles. The molecule has 2 N–H and O–H groups in total. The predicted molar refractivity (Wildman–Crippen MR) is 82.9 cm³/mol. The van der Waals surface area contributed by atoms with Gasteiger partial charge in [-0.25, -0.2) is 0 Å². The Morgan fingerprint density at radius 1 is 1.32 bits per heavy atom. The van der Waals surface area contributed by atoms with Crippen molar-refractivity contribution in [1.82, 2.24) is 5.32 Å². The zero-order valence-electron chi connectivity index (χ0n) is 13.1. The summed E-state index contributed by atoms with van der Waals surface area (Å²) >= 11 is 0. The predicted octanol–water partition coefficient (Wildman–Crippen LogP) is 2.16. The van der Waals surface area contributed by atoms with Gasteiger partial charge in [0.2, 0.25) is 5.91 Å². The molecule has 0 bridgehead atoms. The van der Waals surface area contributed by atoms with Gasteiger partial charge in [-0.15, -0.1) is 0 Å². The fourth-order valence-corrected chi connectivity index (χ4v) is 3.01. The second-order valence-corrected chi connectivity index (χ2v) is 5.90. The first kappa shape index (κ1) is 16.3. The summed E-state index contributed by atoms with van der Waals surface area (Å²) in [5.41, 5.74) is 2.22. The average Bonchev–Trinajstić information content (AvgIpc) is 2.97. The molecule has 2 rings (SSSR count).